The maximum absolute atomic E-state index is 2.61. The van der Waals surface area contributed by atoms with Gasteiger partial charge in [-0.1, -0.05) is 37.5 Å². The van der Waals surface area contributed by atoms with Gasteiger partial charge in [-0.05, 0) is 38.3 Å². The van der Waals surface area contributed by atoms with Crippen LogP contribution in [0.3, 0.4) is 0 Å². The smallest absolute Gasteiger partial charge is 0.0398 e. The predicted molar refractivity (Wildman–Crippen MR) is 71.1 cm³/mol. The van der Waals surface area contributed by atoms with Crippen molar-refractivity contribution >= 4 is 5.69 Å². The Morgan fingerprint density at radius 3 is 2.44 bits per heavy atom. The molecule has 2 rings (SSSR count). The van der Waals surface area contributed by atoms with Gasteiger partial charge in [0.15, 0.2) is 0 Å². The van der Waals surface area contributed by atoms with Crippen LogP contribution in [0.1, 0.15) is 44.6 Å². The monoisotopic (exact) mass is 217 g/mol. The molecule has 1 heteroatoms. The summed E-state index contributed by atoms with van der Waals surface area (Å²) >= 11 is 0. The summed E-state index contributed by atoms with van der Waals surface area (Å²) in [6.45, 7) is 5.64. The van der Waals surface area contributed by atoms with E-state index in [4.69, 9.17) is 0 Å². The minimum atomic E-state index is 0.778. The first-order chi connectivity index (χ1) is 7.83. The van der Waals surface area contributed by atoms with E-state index in [0.717, 1.165) is 12.6 Å². The Hall–Kier alpha value is -0.980. The van der Waals surface area contributed by atoms with Gasteiger partial charge in [-0.2, -0.15) is 0 Å². The van der Waals surface area contributed by atoms with Crippen LogP contribution in [0.5, 0.6) is 0 Å². The molecular weight excluding hydrogens is 194 g/mol. The van der Waals surface area contributed by atoms with E-state index in [1.165, 1.54) is 43.4 Å². The van der Waals surface area contributed by atoms with Crippen LogP contribution in [0.2, 0.25) is 0 Å². The molecule has 16 heavy (non-hydrogen) atoms. The van der Waals surface area contributed by atoms with Crippen molar-refractivity contribution in [2.45, 2.75) is 52.0 Å². The summed E-state index contributed by atoms with van der Waals surface area (Å²) in [5.74, 6) is 0. The molecule has 1 saturated carbocycles. The minimum Gasteiger partial charge on any atom is -0.369 e. The fraction of sp³-hybridized carbons (Fsp3) is 0.600. The van der Waals surface area contributed by atoms with Crippen LogP contribution in [0.25, 0.3) is 0 Å². The zero-order chi connectivity index (χ0) is 11.4. The molecule has 0 atom stereocenters. The molecule has 1 nitrogen and oxygen atoms in total. The highest BCUT2D eigenvalue weighted by atomic mass is 15.2. The topological polar surface area (TPSA) is 3.24 Å². The summed E-state index contributed by atoms with van der Waals surface area (Å²) in [6.07, 6.45) is 7.01. The number of hydrogen-bond donors (Lipinski definition) is 0. The van der Waals surface area contributed by atoms with Crippen LogP contribution in [-0.4, -0.2) is 12.6 Å². The lowest BCUT2D eigenvalue weighted by Gasteiger charge is -2.36. The second-order valence-electron chi connectivity index (χ2n) is 4.86. The molecule has 88 valence electrons. The van der Waals surface area contributed by atoms with Gasteiger partial charge in [-0.15, -0.1) is 0 Å². The average Bonchev–Trinajstić information content (AvgIpc) is 2.34. The molecule has 0 aromatic heterocycles. The zero-order valence-corrected chi connectivity index (χ0v) is 10.6. The molecule has 0 aliphatic heterocycles. The van der Waals surface area contributed by atoms with Crippen LogP contribution in [0, 0.1) is 6.92 Å². The Labute approximate surface area is 99.5 Å². The third-order valence-electron chi connectivity index (χ3n) is 3.78. The van der Waals surface area contributed by atoms with E-state index in [-0.39, 0.29) is 0 Å². The number of hydrogen-bond acceptors (Lipinski definition) is 1. The molecule has 1 aliphatic carbocycles. The maximum Gasteiger partial charge on any atom is 0.0398 e. The molecule has 0 unspecified atom stereocenters. The van der Waals surface area contributed by atoms with E-state index in [1.807, 2.05) is 0 Å². The summed E-state index contributed by atoms with van der Waals surface area (Å²) in [5.41, 5.74) is 2.85. The average molecular weight is 217 g/mol. The maximum atomic E-state index is 2.61. The molecule has 0 heterocycles. The molecule has 1 fully saturated rings. The summed E-state index contributed by atoms with van der Waals surface area (Å²) < 4.78 is 0. The molecule has 1 aromatic carbocycles. The highest BCUT2D eigenvalue weighted by molar-refractivity contribution is 5.53. The van der Waals surface area contributed by atoms with Gasteiger partial charge in [0, 0.05) is 18.3 Å². The third kappa shape index (κ3) is 2.40. The van der Waals surface area contributed by atoms with Crippen LogP contribution in [0.15, 0.2) is 24.3 Å². The highest BCUT2D eigenvalue weighted by Crippen LogP contribution is 2.28. The Morgan fingerprint density at radius 2 is 1.81 bits per heavy atom. The first-order valence-electron chi connectivity index (χ1n) is 6.65. The van der Waals surface area contributed by atoms with Gasteiger partial charge in [0.25, 0.3) is 0 Å². The highest BCUT2D eigenvalue weighted by Gasteiger charge is 2.20. The normalized spacial score (nSPS) is 17.4. The van der Waals surface area contributed by atoms with E-state index in [2.05, 4.69) is 43.0 Å². The number of rotatable bonds is 3. The van der Waals surface area contributed by atoms with E-state index >= 15 is 0 Å². The molecule has 0 N–H and O–H groups in total. The van der Waals surface area contributed by atoms with Crippen molar-refractivity contribution < 1.29 is 0 Å². The SMILES string of the molecule is CCN(c1ccccc1C)C1CCCCC1. The van der Waals surface area contributed by atoms with Crippen molar-refractivity contribution in [1.82, 2.24) is 0 Å². The lowest BCUT2D eigenvalue weighted by atomic mass is 9.93. The van der Waals surface area contributed by atoms with Crippen molar-refractivity contribution in [2.75, 3.05) is 11.4 Å². The van der Waals surface area contributed by atoms with Gasteiger partial charge >= 0.3 is 0 Å². The fourth-order valence-corrected chi connectivity index (χ4v) is 2.90. The van der Waals surface area contributed by atoms with Crippen molar-refractivity contribution in [3.05, 3.63) is 29.8 Å². The quantitative estimate of drug-likeness (QED) is 0.735. The fourth-order valence-electron chi connectivity index (χ4n) is 2.90. The van der Waals surface area contributed by atoms with Crippen LogP contribution in [0.4, 0.5) is 5.69 Å². The summed E-state index contributed by atoms with van der Waals surface area (Å²) in [6, 6.07) is 9.56. The largest absolute Gasteiger partial charge is 0.369 e. The molecule has 0 saturated heterocycles. The standard InChI is InChI=1S/C15H23N/c1-3-16(14-10-5-4-6-11-14)15-12-8-7-9-13(15)2/h7-9,12,14H,3-6,10-11H2,1-2H3. The van der Waals surface area contributed by atoms with Crippen LogP contribution >= 0.6 is 0 Å². The summed E-state index contributed by atoms with van der Waals surface area (Å²) in [4.78, 5) is 2.61. The Kier molecular flexibility index (Phi) is 3.87. The molecule has 1 aromatic rings. The Bertz CT molecular complexity index is 326. The first-order valence-corrected chi connectivity index (χ1v) is 6.65. The van der Waals surface area contributed by atoms with Gasteiger partial charge in [-0.3, -0.25) is 0 Å². The van der Waals surface area contributed by atoms with Gasteiger partial charge in [0.2, 0.25) is 0 Å². The lowest BCUT2D eigenvalue weighted by molar-refractivity contribution is 0.418. The van der Waals surface area contributed by atoms with E-state index in [1.54, 1.807) is 0 Å². The van der Waals surface area contributed by atoms with Crippen molar-refractivity contribution in [2.24, 2.45) is 0 Å². The van der Waals surface area contributed by atoms with Gasteiger partial charge in [0.1, 0.15) is 0 Å². The Morgan fingerprint density at radius 1 is 1.12 bits per heavy atom. The summed E-state index contributed by atoms with van der Waals surface area (Å²) in [5, 5.41) is 0. The second-order valence-corrected chi connectivity index (χ2v) is 4.86. The molecule has 0 amide bonds. The van der Waals surface area contributed by atoms with Crippen molar-refractivity contribution in [3.8, 4) is 0 Å². The third-order valence-corrected chi connectivity index (χ3v) is 3.78. The van der Waals surface area contributed by atoms with Crippen LogP contribution < -0.4 is 4.90 Å². The second kappa shape index (κ2) is 5.38. The lowest BCUT2D eigenvalue weighted by Crippen LogP contribution is -2.37. The molecule has 0 radical (unpaired) electrons. The number of aryl methyl sites for hydroxylation is 1. The van der Waals surface area contributed by atoms with Gasteiger partial charge in [-0.25, -0.2) is 0 Å². The number of benzene rings is 1. The Balaban J connectivity index is 2.18. The number of anilines is 1. The molecule has 1 aliphatic rings. The molecular formula is C15H23N. The first kappa shape index (κ1) is 11.5. The van der Waals surface area contributed by atoms with Crippen LogP contribution in [-0.2, 0) is 0 Å². The van der Waals surface area contributed by atoms with E-state index in [9.17, 15) is 0 Å². The van der Waals surface area contributed by atoms with Gasteiger partial charge < -0.3 is 4.90 Å². The molecule has 0 spiro atoms. The molecule has 0 bridgehead atoms. The number of para-hydroxylation sites is 1. The van der Waals surface area contributed by atoms with E-state index < -0.39 is 0 Å². The zero-order valence-electron chi connectivity index (χ0n) is 10.6. The van der Waals surface area contributed by atoms with Crippen molar-refractivity contribution in [1.29, 1.82) is 0 Å². The minimum absolute atomic E-state index is 0.778. The number of nitrogens with zero attached hydrogens (tertiary/aromatic N) is 1. The predicted octanol–water partition coefficient (Wildman–Crippen LogP) is 4.15. The van der Waals surface area contributed by atoms with Gasteiger partial charge in [0.05, 0.1) is 0 Å². The summed E-state index contributed by atoms with van der Waals surface area (Å²) in [7, 11) is 0. The van der Waals surface area contributed by atoms with Crippen molar-refractivity contribution in [3.63, 3.8) is 0 Å². The van der Waals surface area contributed by atoms with E-state index in [0.29, 0.717) is 0 Å².